The third kappa shape index (κ3) is 12.0. The fourth-order valence-electron chi connectivity index (χ4n) is 3.29. The molecule has 0 aliphatic rings. The summed E-state index contributed by atoms with van der Waals surface area (Å²) in [5.74, 6) is -0.996. The third-order valence-electron chi connectivity index (χ3n) is 5.07. The molecule has 2 N–H and O–H groups in total. The third-order valence-corrected chi connectivity index (χ3v) is 5.07. The van der Waals surface area contributed by atoms with Crippen molar-refractivity contribution in [3.63, 3.8) is 0 Å². The van der Waals surface area contributed by atoms with Crippen LogP contribution in [0.2, 0.25) is 0 Å². The zero-order valence-electron chi connectivity index (χ0n) is 23.0. The molecule has 39 heavy (non-hydrogen) atoms. The van der Waals surface area contributed by atoms with Crippen molar-refractivity contribution in [1.82, 2.24) is 0 Å². The second-order valence-corrected chi connectivity index (χ2v) is 9.96. The highest BCUT2D eigenvalue weighted by molar-refractivity contribution is 5.77. The molecule has 0 saturated carbocycles. The lowest BCUT2D eigenvalue weighted by molar-refractivity contribution is -0.148. The van der Waals surface area contributed by atoms with E-state index in [9.17, 15) is 19.2 Å². The second kappa shape index (κ2) is 15.5. The molecule has 0 radical (unpaired) electrons. The van der Waals surface area contributed by atoms with Gasteiger partial charge in [-0.25, -0.2) is 4.79 Å². The van der Waals surface area contributed by atoms with Gasteiger partial charge >= 0.3 is 24.1 Å². The largest absolute Gasteiger partial charge is 0.514 e. The van der Waals surface area contributed by atoms with Gasteiger partial charge in [-0.05, 0) is 55.0 Å². The summed E-state index contributed by atoms with van der Waals surface area (Å²) in [5.41, 5.74) is 6.59. The van der Waals surface area contributed by atoms with Crippen molar-refractivity contribution in [2.75, 3.05) is 6.61 Å². The molecule has 0 aliphatic heterocycles. The number of benzene rings is 2. The van der Waals surface area contributed by atoms with Crippen LogP contribution in [0, 0.1) is 11.8 Å². The monoisotopic (exact) mass is 543 g/mol. The fraction of sp³-hybridized carbons (Fsp3) is 0.448. The summed E-state index contributed by atoms with van der Waals surface area (Å²) < 4.78 is 26.2. The van der Waals surface area contributed by atoms with Gasteiger partial charge in [0.1, 0.15) is 24.5 Å². The van der Waals surface area contributed by atoms with Crippen LogP contribution in [-0.2, 0) is 30.3 Å². The molecule has 212 valence electrons. The van der Waals surface area contributed by atoms with Crippen molar-refractivity contribution in [1.29, 1.82) is 0 Å². The summed E-state index contributed by atoms with van der Waals surface area (Å²) in [5, 5.41) is 0. The van der Waals surface area contributed by atoms with Gasteiger partial charge in [0, 0.05) is 12.8 Å². The Hall–Kier alpha value is -3.92. The number of hydrogen-bond donors (Lipinski definition) is 1. The highest BCUT2D eigenvalue weighted by Crippen LogP contribution is 2.30. The van der Waals surface area contributed by atoms with Crippen LogP contribution in [0.3, 0.4) is 0 Å². The highest BCUT2D eigenvalue weighted by Gasteiger charge is 2.21. The molecule has 0 heterocycles. The minimum absolute atomic E-state index is 0.0546. The maximum Gasteiger partial charge on any atom is 0.514 e. The van der Waals surface area contributed by atoms with E-state index in [-0.39, 0.29) is 49.2 Å². The van der Waals surface area contributed by atoms with Crippen LogP contribution >= 0.6 is 0 Å². The Morgan fingerprint density at radius 1 is 0.769 bits per heavy atom. The van der Waals surface area contributed by atoms with E-state index in [0.717, 1.165) is 0 Å². The number of rotatable bonds is 13. The molecule has 0 saturated heterocycles. The first-order chi connectivity index (χ1) is 18.4. The Balaban J connectivity index is 1.97. The minimum Gasteiger partial charge on any atom is -0.461 e. The number of carbonyl (C=O) groups is 4. The van der Waals surface area contributed by atoms with E-state index in [0.29, 0.717) is 11.3 Å². The topological polar surface area (TPSA) is 140 Å². The van der Waals surface area contributed by atoms with Gasteiger partial charge in [-0.3, -0.25) is 14.4 Å². The fourth-order valence-corrected chi connectivity index (χ4v) is 3.29. The Labute approximate surface area is 228 Å². The van der Waals surface area contributed by atoms with Gasteiger partial charge in [0.05, 0.1) is 0 Å². The molecule has 2 rings (SSSR count). The smallest absolute Gasteiger partial charge is 0.461 e. The van der Waals surface area contributed by atoms with E-state index in [2.05, 4.69) is 0 Å². The molecule has 0 amide bonds. The van der Waals surface area contributed by atoms with Crippen molar-refractivity contribution in [2.45, 2.75) is 66.0 Å². The van der Waals surface area contributed by atoms with Gasteiger partial charge in [0.2, 0.25) is 0 Å². The lowest BCUT2D eigenvalue weighted by Crippen LogP contribution is -2.36. The molecule has 0 aromatic heterocycles. The zero-order valence-corrected chi connectivity index (χ0v) is 23.0. The average Bonchev–Trinajstić information content (AvgIpc) is 2.83. The minimum atomic E-state index is -1.05. The van der Waals surface area contributed by atoms with Crippen molar-refractivity contribution in [3.8, 4) is 17.2 Å². The summed E-state index contributed by atoms with van der Waals surface area (Å²) in [4.78, 5) is 48.8. The molecule has 0 unspecified atom stereocenters. The number of ether oxygens (including phenoxy) is 5. The first-order valence-electron chi connectivity index (χ1n) is 12.8. The van der Waals surface area contributed by atoms with E-state index in [1.807, 2.05) is 27.7 Å². The number of hydrogen-bond acceptors (Lipinski definition) is 10. The van der Waals surface area contributed by atoms with Crippen LogP contribution in [-0.4, -0.2) is 42.8 Å². The first-order valence-corrected chi connectivity index (χ1v) is 12.8. The number of carbonyl (C=O) groups excluding carboxylic acids is 4. The maximum absolute atomic E-state index is 12.5. The highest BCUT2D eigenvalue weighted by atomic mass is 16.7. The van der Waals surface area contributed by atoms with Crippen LogP contribution in [0.1, 0.15) is 53.0 Å². The summed E-state index contributed by atoms with van der Waals surface area (Å²) in [7, 11) is 0. The van der Waals surface area contributed by atoms with Gasteiger partial charge in [-0.2, -0.15) is 0 Å². The average molecular weight is 544 g/mol. The van der Waals surface area contributed by atoms with Gasteiger partial charge in [-0.1, -0.05) is 52.0 Å². The Morgan fingerprint density at radius 3 is 1.95 bits per heavy atom. The van der Waals surface area contributed by atoms with Gasteiger partial charge in [0.15, 0.2) is 11.5 Å². The predicted octanol–water partition coefficient (Wildman–Crippen LogP) is 4.61. The molecule has 10 heteroatoms. The van der Waals surface area contributed by atoms with Crippen molar-refractivity contribution < 1.29 is 42.9 Å². The SMILES string of the molecule is CC(C)CC(=O)Oc1ccc(C[C@H](N)C(=O)OC[C@H](C)OC(=O)Oc2ccccc2)cc1OC(=O)CC(C)C. The quantitative estimate of drug-likeness (QED) is 0.216. The molecule has 0 fully saturated rings. The Kier molecular flexibility index (Phi) is 12.4. The summed E-state index contributed by atoms with van der Waals surface area (Å²) in [6.07, 6.45) is -1.27. The van der Waals surface area contributed by atoms with E-state index < -0.39 is 36.2 Å². The van der Waals surface area contributed by atoms with Crippen LogP contribution in [0.15, 0.2) is 48.5 Å². The number of nitrogens with two attached hydrogens (primary N) is 1. The van der Waals surface area contributed by atoms with E-state index in [1.165, 1.54) is 12.1 Å². The molecular weight excluding hydrogens is 506 g/mol. The summed E-state index contributed by atoms with van der Waals surface area (Å²) in [6, 6.07) is 12.0. The molecule has 0 spiro atoms. The normalized spacial score (nSPS) is 12.4. The first kappa shape index (κ1) is 31.3. The van der Waals surface area contributed by atoms with E-state index in [1.54, 1.807) is 43.3 Å². The second-order valence-electron chi connectivity index (χ2n) is 9.96. The molecule has 2 atom stereocenters. The molecule has 10 nitrogen and oxygen atoms in total. The van der Waals surface area contributed by atoms with Gasteiger partial charge < -0.3 is 29.4 Å². The van der Waals surface area contributed by atoms with Crippen molar-refractivity contribution in [3.05, 3.63) is 54.1 Å². The zero-order chi connectivity index (χ0) is 28.9. The van der Waals surface area contributed by atoms with Gasteiger partial charge in [0.25, 0.3) is 0 Å². The standard InChI is InChI=1S/C29H37NO9/c1-18(2)13-26(31)38-24-12-11-21(16-25(24)39-27(32)14-19(3)4)15-23(30)28(33)35-17-20(5)36-29(34)37-22-9-7-6-8-10-22/h6-12,16,18-20,23H,13-15,17,30H2,1-5H3/t20-,23-/m0/s1. The summed E-state index contributed by atoms with van der Waals surface area (Å²) >= 11 is 0. The van der Waals surface area contributed by atoms with Crippen LogP contribution in [0.4, 0.5) is 4.79 Å². The predicted molar refractivity (Wildman–Crippen MR) is 142 cm³/mol. The molecule has 2 aromatic carbocycles. The molecule has 0 bridgehead atoms. The summed E-state index contributed by atoms with van der Waals surface area (Å²) in [6.45, 7) is 8.85. The lowest BCUT2D eigenvalue weighted by Gasteiger charge is -2.17. The van der Waals surface area contributed by atoms with Crippen LogP contribution in [0.5, 0.6) is 17.2 Å². The van der Waals surface area contributed by atoms with Crippen molar-refractivity contribution in [2.24, 2.45) is 17.6 Å². The Bertz CT molecular complexity index is 1110. The maximum atomic E-state index is 12.5. The van der Waals surface area contributed by atoms with Gasteiger partial charge in [-0.15, -0.1) is 0 Å². The van der Waals surface area contributed by atoms with Crippen LogP contribution in [0.25, 0.3) is 0 Å². The number of esters is 3. The molecular formula is C29H37NO9. The van der Waals surface area contributed by atoms with E-state index in [4.69, 9.17) is 29.4 Å². The lowest BCUT2D eigenvalue weighted by atomic mass is 10.1. The van der Waals surface area contributed by atoms with E-state index >= 15 is 0 Å². The number of para-hydroxylation sites is 1. The molecule has 2 aromatic rings. The molecule has 0 aliphatic carbocycles. The van der Waals surface area contributed by atoms with Crippen molar-refractivity contribution >= 4 is 24.1 Å². The van der Waals surface area contributed by atoms with Crippen LogP contribution < -0.4 is 19.9 Å². The Morgan fingerprint density at radius 2 is 1.36 bits per heavy atom.